The first kappa shape index (κ1) is 21.2. The molecular formula is C20H27ClN2O2. The number of rotatable bonds is 10. The standard InChI is InChI=1S/C20H26N2O2.ClH/c1-21-13-7-12-20(23)22-14-18-10-5-6-11-19(18)16-24-15-17-8-3-2-4-9-17;/h2-6,8-11,21H,7,12-16H2,1H3,(H,22,23);1H. The molecule has 2 aromatic rings. The van der Waals surface area contributed by atoms with Crippen molar-refractivity contribution in [2.45, 2.75) is 32.6 Å². The van der Waals surface area contributed by atoms with Crippen molar-refractivity contribution in [3.63, 3.8) is 0 Å². The summed E-state index contributed by atoms with van der Waals surface area (Å²) in [6, 6.07) is 18.2. The number of amides is 1. The van der Waals surface area contributed by atoms with Gasteiger partial charge in [-0.15, -0.1) is 12.4 Å². The van der Waals surface area contributed by atoms with Gasteiger partial charge in [0.05, 0.1) is 13.2 Å². The van der Waals surface area contributed by atoms with Crippen LogP contribution >= 0.6 is 12.4 Å². The fourth-order valence-corrected chi connectivity index (χ4v) is 2.43. The average Bonchev–Trinajstić information content (AvgIpc) is 2.62. The molecule has 2 rings (SSSR count). The highest BCUT2D eigenvalue weighted by Gasteiger charge is 2.05. The molecule has 0 fully saturated rings. The number of halogens is 1. The molecule has 0 saturated heterocycles. The Morgan fingerprint density at radius 2 is 1.64 bits per heavy atom. The smallest absolute Gasteiger partial charge is 0.220 e. The molecule has 0 bridgehead atoms. The summed E-state index contributed by atoms with van der Waals surface area (Å²) in [5, 5.41) is 6.03. The van der Waals surface area contributed by atoms with Gasteiger partial charge in [0.2, 0.25) is 5.91 Å². The van der Waals surface area contributed by atoms with E-state index in [0.29, 0.717) is 26.2 Å². The Balaban J connectivity index is 0.00000312. The van der Waals surface area contributed by atoms with E-state index in [-0.39, 0.29) is 18.3 Å². The van der Waals surface area contributed by atoms with Crippen molar-refractivity contribution in [3.05, 3.63) is 71.3 Å². The molecule has 4 nitrogen and oxygen atoms in total. The maximum absolute atomic E-state index is 11.8. The maximum atomic E-state index is 11.8. The van der Waals surface area contributed by atoms with E-state index in [4.69, 9.17) is 4.74 Å². The SMILES string of the molecule is CNCCCC(=O)NCc1ccccc1COCc1ccccc1.Cl. The number of benzene rings is 2. The van der Waals surface area contributed by atoms with Gasteiger partial charge in [-0.3, -0.25) is 4.79 Å². The normalized spacial score (nSPS) is 10.1. The summed E-state index contributed by atoms with van der Waals surface area (Å²) >= 11 is 0. The monoisotopic (exact) mass is 362 g/mol. The van der Waals surface area contributed by atoms with Crippen LogP contribution in [-0.2, 0) is 29.3 Å². The van der Waals surface area contributed by atoms with Gasteiger partial charge in [0, 0.05) is 13.0 Å². The van der Waals surface area contributed by atoms with Crippen molar-refractivity contribution in [2.75, 3.05) is 13.6 Å². The lowest BCUT2D eigenvalue weighted by molar-refractivity contribution is -0.121. The average molecular weight is 363 g/mol. The lowest BCUT2D eigenvalue weighted by atomic mass is 10.1. The van der Waals surface area contributed by atoms with Crippen LogP contribution in [0.5, 0.6) is 0 Å². The predicted octanol–water partition coefficient (Wildman–Crippen LogP) is 3.44. The second kappa shape index (κ2) is 12.5. The van der Waals surface area contributed by atoms with Crippen LogP contribution in [0.15, 0.2) is 54.6 Å². The van der Waals surface area contributed by atoms with E-state index in [1.54, 1.807) is 0 Å². The predicted molar refractivity (Wildman–Crippen MR) is 104 cm³/mol. The molecule has 25 heavy (non-hydrogen) atoms. The maximum Gasteiger partial charge on any atom is 0.220 e. The Labute approximate surface area is 156 Å². The molecule has 1 amide bonds. The minimum atomic E-state index is 0. The van der Waals surface area contributed by atoms with Gasteiger partial charge in [0.15, 0.2) is 0 Å². The zero-order valence-corrected chi connectivity index (χ0v) is 15.5. The second-order valence-corrected chi connectivity index (χ2v) is 5.73. The molecule has 0 aliphatic heterocycles. The number of carbonyl (C=O) groups excluding carboxylic acids is 1. The first-order valence-corrected chi connectivity index (χ1v) is 8.39. The Bertz CT molecular complexity index is 620. The number of ether oxygens (including phenoxy) is 1. The summed E-state index contributed by atoms with van der Waals surface area (Å²) in [4.78, 5) is 11.8. The van der Waals surface area contributed by atoms with Crippen LogP contribution in [-0.4, -0.2) is 19.5 Å². The Morgan fingerprint density at radius 3 is 2.36 bits per heavy atom. The van der Waals surface area contributed by atoms with Crippen molar-refractivity contribution in [1.29, 1.82) is 0 Å². The van der Waals surface area contributed by atoms with Crippen LogP contribution in [0.1, 0.15) is 29.5 Å². The first-order valence-electron chi connectivity index (χ1n) is 8.39. The van der Waals surface area contributed by atoms with Crippen molar-refractivity contribution in [1.82, 2.24) is 10.6 Å². The molecule has 5 heteroatoms. The van der Waals surface area contributed by atoms with E-state index in [2.05, 4.69) is 22.8 Å². The summed E-state index contributed by atoms with van der Waals surface area (Å²) in [6.07, 6.45) is 1.40. The lowest BCUT2D eigenvalue weighted by Gasteiger charge is -2.11. The summed E-state index contributed by atoms with van der Waals surface area (Å²) < 4.78 is 5.81. The topological polar surface area (TPSA) is 50.4 Å². The van der Waals surface area contributed by atoms with Crippen LogP contribution in [0.25, 0.3) is 0 Å². The third kappa shape index (κ3) is 8.16. The van der Waals surface area contributed by atoms with E-state index >= 15 is 0 Å². The summed E-state index contributed by atoms with van der Waals surface area (Å²) in [6.45, 7) is 2.53. The summed E-state index contributed by atoms with van der Waals surface area (Å²) in [5.41, 5.74) is 3.38. The van der Waals surface area contributed by atoms with Crippen LogP contribution in [0, 0.1) is 0 Å². The van der Waals surface area contributed by atoms with E-state index in [1.165, 1.54) is 0 Å². The molecule has 0 radical (unpaired) electrons. The summed E-state index contributed by atoms with van der Waals surface area (Å²) in [5.74, 6) is 0.0882. The van der Waals surface area contributed by atoms with Gasteiger partial charge in [0.25, 0.3) is 0 Å². The highest BCUT2D eigenvalue weighted by molar-refractivity contribution is 5.85. The molecule has 136 valence electrons. The first-order chi connectivity index (χ1) is 11.8. The van der Waals surface area contributed by atoms with Gasteiger partial charge in [0.1, 0.15) is 0 Å². The number of carbonyl (C=O) groups is 1. The van der Waals surface area contributed by atoms with E-state index in [9.17, 15) is 4.79 Å². The third-order valence-corrected chi connectivity index (χ3v) is 3.79. The van der Waals surface area contributed by atoms with Crippen LogP contribution in [0.2, 0.25) is 0 Å². The van der Waals surface area contributed by atoms with Gasteiger partial charge >= 0.3 is 0 Å². The van der Waals surface area contributed by atoms with Gasteiger partial charge in [-0.25, -0.2) is 0 Å². The zero-order chi connectivity index (χ0) is 17.0. The molecule has 0 heterocycles. The molecule has 0 spiro atoms. The van der Waals surface area contributed by atoms with Gasteiger partial charge in [-0.1, -0.05) is 54.6 Å². The highest BCUT2D eigenvalue weighted by Crippen LogP contribution is 2.12. The Hall–Kier alpha value is -1.88. The van der Waals surface area contributed by atoms with Crippen LogP contribution in [0.3, 0.4) is 0 Å². The van der Waals surface area contributed by atoms with Crippen molar-refractivity contribution in [2.24, 2.45) is 0 Å². The molecule has 2 N–H and O–H groups in total. The molecule has 0 atom stereocenters. The van der Waals surface area contributed by atoms with Gasteiger partial charge in [-0.05, 0) is 36.7 Å². The lowest BCUT2D eigenvalue weighted by Crippen LogP contribution is -2.24. The minimum absolute atomic E-state index is 0. The Morgan fingerprint density at radius 1 is 0.960 bits per heavy atom. The van der Waals surface area contributed by atoms with Gasteiger partial charge in [-0.2, -0.15) is 0 Å². The fraction of sp³-hybridized carbons (Fsp3) is 0.350. The molecule has 0 aromatic heterocycles. The molecular weight excluding hydrogens is 336 g/mol. The van der Waals surface area contributed by atoms with Crippen molar-refractivity contribution in [3.8, 4) is 0 Å². The molecule has 0 saturated carbocycles. The van der Waals surface area contributed by atoms with Crippen LogP contribution < -0.4 is 10.6 Å². The molecule has 2 aromatic carbocycles. The summed E-state index contributed by atoms with van der Waals surface area (Å²) in [7, 11) is 1.89. The minimum Gasteiger partial charge on any atom is -0.372 e. The Kier molecular flexibility index (Phi) is 10.6. The van der Waals surface area contributed by atoms with E-state index in [1.807, 2.05) is 49.5 Å². The highest BCUT2D eigenvalue weighted by atomic mass is 35.5. The largest absolute Gasteiger partial charge is 0.372 e. The second-order valence-electron chi connectivity index (χ2n) is 5.73. The quantitative estimate of drug-likeness (QED) is 0.636. The van der Waals surface area contributed by atoms with E-state index in [0.717, 1.165) is 29.7 Å². The number of nitrogens with one attached hydrogen (secondary N) is 2. The van der Waals surface area contributed by atoms with Crippen molar-refractivity contribution < 1.29 is 9.53 Å². The molecule has 0 aliphatic rings. The molecule has 0 unspecified atom stereocenters. The fourth-order valence-electron chi connectivity index (χ4n) is 2.43. The van der Waals surface area contributed by atoms with Crippen molar-refractivity contribution >= 4 is 18.3 Å². The number of hydrogen-bond donors (Lipinski definition) is 2. The van der Waals surface area contributed by atoms with Crippen LogP contribution in [0.4, 0.5) is 0 Å². The van der Waals surface area contributed by atoms with E-state index < -0.39 is 0 Å². The van der Waals surface area contributed by atoms with Gasteiger partial charge < -0.3 is 15.4 Å². The molecule has 0 aliphatic carbocycles. The zero-order valence-electron chi connectivity index (χ0n) is 14.7. The number of hydrogen-bond acceptors (Lipinski definition) is 3. The third-order valence-electron chi connectivity index (χ3n) is 3.79.